The zero-order chi connectivity index (χ0) is 22.7. The van der Waals surface area contributed by atoms with Crippen molar-refractivity contribution < 1.29 is 9.59 Å². The van der Waals surface area contributed by atoms with E-state index >= 15 is 0 Å². The molecule has 0 fully saturated rings. The summed E-state index contributed by atoms with van der Waals surface area (Å²) in [6.45, 7) is 3.90. The smallest absolute Gasteiger partial charge is 0.244 e. The van der Waals surface area contributed by atoms with Crippen molar-refractivity contribution in [1.29, 1.82) is 0 Å². The van der Waals surface area contributed by atoms with Gasteiger partial charge in [-0.1, -0.05) is 61.0 Å². The maximum atomic E-state index is 13.2. The Labute approximate surface area is 192 Å². The third kappa shape index (κ3) is 4.73. The molecule has 0 bridgehead atoms. The molecule has 0 aromatic heterocycles. The third-order valence-electron chi connectivity index (χ3n) is 5.44. The van der Waals surface area contributed by atoms with Gasteiger partial charge >= 0.3 is 0 Å². The Balaban J connectivity index is 1.60. The van der Waals surface area contributed by atoms with E-state index in [1.54, 1.807) is 12.1 Å². The maximum Gasteiger partial charge on any atom is 0.244 e. The van der Waals surface area contributed by atoms with Gasteiger partial charge in [-0.05, 0) is 54.3 Å². The number of benzene rings is 3. The molecule has 1 aliphatic heterocycles. The monoisotopic (exact) mass is 445 g/mol. The summed E-state index contributed by atoms with van der Waals surface area (Å²) in [4.78, 5) is 32.3. The van der Waals surface area contributed by atoms with Gasteiger partial charge in [-0.25, -0.2) is 0 Å². The molecule has 0 atom stereocenters. The summed E-state index contributed by atoms with van der Waals surface area (Å²) in [6.07, 6.45) is 1.06. The zero-order valence-corrected chi connectivity index (χ0v) is 18.8. The molecule has 4 rings (SSSR count). The summed E-state index contributed by atoms with van der Waals surface area (Å²) in [7, 11) is 0. The first-order valence-electron chi connectivity index (χ1n) is 10.6. The lowest BCUT2D eigenvalue weighted by molar-refractivity contribution is -0.120. The molecule has 0 saturated carbocycles. The summed E-state index contributed by atoms with van der Waals surface area (Å²) in [5, 5.41) is 3.27. The van der Waals surface area contributed by atoms with Crippen molar-refractivity contribution in [1.82, 2.24) is 0 Å². The summed E-state index contributed by atoms with van der Waals surface area (Å²) in [5.74, 6) is -0.506. The van der Waals surface area contributed by atoms with Gasteiger partial charge in [0, 0.05) is 0 Å². The van der Waals surface area contributed by atoms with E-state index in [0.29, 0.717) is 27.8 Å². The van der Waals surface area contributed by atoms with Crippen LogP contribution in [-0.2, 0) is 16.0 Å². The predicted octanol–water partition coefficient (Wildman–Crippen LogP) is 5.71. The number of para-hydroxylation sites is 2. The molecule has 2 amide bonds. The van der Waals surface area contributed by atoms with Gasteiger partial charge in [-0.3, -0.25) is 14.6 Å². The second-order valence-corrected chi connectivity index (χ2v) is 8.19. The summed E-state index contributed by atoms with van der Waals surface area (Å²) in [5.41, 5.74) is 5.62. The molecule has 6 heteroatoms. The molecule has 0 spiro atoms. The number of nitrogens with zero attached hydrogens (tertiary/aromatic N) is 2. The Bertz CT molecular complexity index is 1200. The first kappa shape index (κ1) is 21.8. The Morgan fingerprint density at radius 3 is 2.56 bits per heavy atom. The van der Waals surface area contributed by atoms with Crippen molar-refractivity contribution in [2.75, 3.05) is 16.8 Å². The summed E-state index contributed by atoms with van der Waals surface area (Å²) >= 11 is 6.25. The molecule has 32 heavy (non-hydrogen) atoms. The number of aryl methyl sites for hydroxylation is 2. The number of anilines is 2. The van der Waals surface area contributed by atoms with Gasteiger partial charge in [-0.2, -0.15) is 0 Å². The second-order valence-electron chi connectivity index (χ2n) is 7.79. The zero-order valence-electron chi connectivity index (χ0n) is 18.1. The Kier molecular flexibility index (Phi) is 6.37. The molecule has 0 aliphatic carbocycles. The van der Waals surface area contributed by atoms with Crippen LogP contribution in [0.25, 0.3) is 0 Å². The lowest BCUT2D eigenvalue weighted by Gasteiger charge is -2.22. The lowest BCUT2D eigenvalue weighted by atomic mass is 10.0. The van der Waals surface area contributed by atoms with E-state index < -0.39 is 0 Å². The number of fused-ring (bicyclic) bond motifs is 1. The number of carbonyl (C=O) groups is 2. The van der Waals surface area contributed by atoms with Gasteiger partial charge in [-0.15, -0.1) is 0 Å². The minimum atomic E-state index is -0.324. The fraction of sp³-hybridized carbons (Fsp3) is 0.192. The number of carbonyl (C=O) groups excluding carboxylic acids is 2. The predicted molar refractivity (Wildman–Crippen MR) is 130 cm³/mol. The minimum absolute atomic E-state index is 0.110. The summed E-state index contributed by atoms with van der Waals surface area (Å²) in [6, 6.07) is 20.9. The van der Waals surface area contributed by atoms with Crippen molar-refractivity contribution in [3.05, 3.63) is 88.4 Å². The van der Waals surface area contributed by atoms with E-state index in [4.69, 9.17) is 16.6 Å². The van der Waals surface area contributed by atoms with E-state index in [0.717, 1.165) is 17.5 Å². The van der Waals surface area contributed by atoms with Gasteiger partial charge in [0.15, 0.2) is 0 Å². The van der Waals surface area contributed by atoms with Crippen LogP contribution in [0.4, 0.5) is 17.1 Å². The van der Waals surface area contributed by atoms with Crippen LogP contribution in [-0.4, -0.2) is 24.1 Å². The van der Waals surface area contributed by atoms with Crippen LogP contribution in [0, 0.1) is 6.92 Å². The topological polar surface area (TPSA) is 61.8 Å². The minimum Gasteiger partial charge on any atom is -0.323 e. The van der Waals surface area contributed by atoms with Crippen LogP contribution in [0.15, 0.2) is 71.7 Å². The average Bonchev–Trinajstić information content (AvgIpc) is 2.92. The van der Waals surface area contributed by atoms with Gasteiger partial charge in [0.05, 0.1) is 34.2 Å². The Hall–Kier alpha value is -3.44. The number of halogens is 1. The van der Waals surface area contributed by atoms with Gasteiger partial charge < -0.3 is 10.2 Å². The molecule has 0 unspecified atom stereocenters. The van der Waals surface area contributed by atoms with Crippen LogP contribution >= 0.6 is 11.6 Å². The standard InChI is InChI=1S/C26H24ClN3O2/c1-3-18-9-11-19(12-10-18)23-15-26(32)30(24-7-5-4-6-22(24)28-23)16-25(31)29-21-13-8-17(2)14-20(21)27/h4-14H,3,15-16H2,1-2H3,(H,29,31). The van der Waals surface area contributed by atoms with Crippen LogP contribution in [0.3, 0.4) is 0 Å². The van der Waals surface area contributed by atoms with Crippen LogP contribution < -0.4 is 10.2 Å². The number of hydrogen-bond acceptors (Lipinski definition) is 3. The van der Waals surface area contributed by atoms with Crippen molar-refractivity contribution in [2.45, 2.75) is 26.7 Å². The highest BCUT2D eigenvalue weighted by Gasteiger charge is 2.26. The van der Waals surface area contributed by atoms with E-state index in [1.807, 2.05) is 49.4 Å². The molecular formula is C26H24ClN3O2. The fourth-order valence-corrected chi connectivity index (χ4v) is 3.95. The Morgan fingerprint density at radius 1 is 1.09 bits per heavy atom. The van der Waals surface area contributed by atoms with Crippen molar-refractivity contribution in [2.24, 2.45) is 4.99 Å². The molecular weight excluding hydrogens is 422 g/mol. The number of hydrogen-bond donors (Lipinski definition) is 1. The van der Waals surface area contributed by atoms with Crippen molar-refractivity contribution in [3.63, 3.8) is 0 Å². The molecule has 162 valence electrons. The largest absolute Gasteiger partial charge is 0.323 e. The summed E-state index contributed by atoms with van der Waals surface area (Å²) < 4.78 is 0. The number of nitrogens with one attached hydrogen (secondary N) is 1. The van der Waals surface area contributed by atoms with Crippen LogP contribution in [0.2, 0.25) is 5.02 Å². The molecule has 3 aromatic rings. The van der Waals surface area contributed by atoms with Crippen LogP contribution in [0.1, 0.15) is 30.0 Å². The molecule has 0 saturated heterocycles. The molecule has 1 aliphatic rings. The molecule has 1 heterocycles. The molecule has 0 radical (unpaired) electrons. The average molecular weight is 446 g/mol. The normalized spacial score (nSPS) is 13.3. The van der Waals surface area contributed by atoms with Gasteiger partial charge in [0.1, 0.15) is 6.54 Å². The van der Waals surface area contributed by atoms with Crippen molar-refractivity contribution >= 4 is 46.2 Å². The molecule has 5 nitrogen and oxygen atoms in total. The van der Waals surface area contributed by atoms with Gasteiger partial charge in [0.2, 0.25) is 11.8 Å². The highest BCUT2D eigenvalue weighted by molar-refractivity contribution is 6.33. The quantitative estimate of drug-likeness (QED) is 0.547. The SMILES string of the molecule is CCc1ccc(C2=Nc3ccccc3N(CC(=O)Nc3ccc(C)cc3Cl)C(=O)C2)cc1. The van der Waals surface area contributed by atoms with Gasteiger partial charge in [0.25, 0.3) is 0 Å². The molecule has 1 N–H and O–H groups in total. The fourth-order valence-electron chi connectivity index (χ4n) is 3.67. The van der Waals surface area contributed by atoms with Crippen LogP contribution in [0.5, 0.6) is 0 Å². The van der Waals surface area contributed by atoms with E-state index in [9.17, 15) is 9.59 Å². The highest BCUT2D eigenvalue weighted by Crippen LogP contribution is 2.33. The van der Waals surface area contributed by atoms with E-state index in [1.165, 1.54) is 10.5 Å². The number of amides is 2. The third-order valence-corrected chi connectivity index (χ3v) is 5.76. The first-order valence-corrected chi connectivity index (χ1v) is 10.9. The Morgan fingerprint density at radius 2 is 1.84 bits per heavy atom. The number of aliphatic imine (C=N–C) groups is 1. The highest BCUT2D eigenvalue weighted by atomic mass is 35.5. The molecule has 3 aromatic carbocycles. The van der Waals surface area contributed by atoms with Crippen molar-refractivity contribution in [3.8, 4) is 0 Å². The van der Waals surface area contributed by atoms with E-state index in [-0.39, 0.29) is 24.8 Å². The lowest BCUT2D eigenvalue weighted by Crippen LogP contribution is -2.38. The number of rotatable bonds is 5. The maximum absolute atomic E-state index is 13.2. The van der Waals surface area contributed by atoms with E-state index in [2.05, 4.69) is 24.4 Å². The second kappa shape index (κ2) is 9.37. The first-order chi connectivity index (χ1) is 15.4.